The van der Waals surface area contributed by atoms with E-state index < -0.39 is 0 Å². The molecule has 0 aromatic heterocycles. The van der Waals surface area contributed by atoms with Crippen LogP contribution in [0.2, 0.25) is 0 Å². The van der Waals surface area contributed by atoms with Gasteiger partial charge in [-0.05, 0) is 57.4 Å². The Morgan fingerprint density at radius 2 is 1.87 bits per heavy atom. The van der Waals surface area contributed by atoms with Crippen LogP contribution in [0.3, 0.4) is 0 Å². The van der Waals surface area contributed by atoms with Crippen molar-refractivity contribution in [3.05, 3.63) is 35.9 Å². The van der Waals surface area contributed by atoms with Crippen LogP contribution < -0.4 is 5.32 Å². The summed E-state index contributed by atoms with van der Waals surface area (Å²) >= 11 is 0. The Morgan fingerprint density at radius 3 is 2.53 bits per heavy atom. The van der Waals surface area contributed by atoms with E-state index >= 15 is 0 Å². The number of piperidine rings is 1. The van der Waals surface area contributed by atoms with Crippen molar-refractivity contribution in [2.24, 2.45) is 0 Å². The average molecular weight is 414 g/mol. The molecule has 1 atom stereocenters. The number of carbonyl (C=O) groups is 2. The molecule has 1 unspecified atom stereocenters. The van der Waals surface area contributed by atoms with E-state index in [4.69, 9.17) is 4.74 Å². The van der Waals surface area contributed by atoms with Gasteiger partial charge in [0.2, 0.25) is 5.91 Å². The zero-order chi connectivity index (χ0) is 21.0. The van der Waals surface area contributed by atoms with Crippen LogP contribution in [0.5, 0.6) is 0 Å². The number of ether oxygens (including phenoxy) is 1. The maximum Gasteiger partial charge on any atom is 0.317 e. The van der Waals surface area contributed by atoms with E-state index in [1.165, 1.54) is 5.56 Å². The van der Waals surface area contributed by atoms with E-state index in [0.29, 0.717) is 25.6 Å². The quantitative estimate of drug-likeness (QED) is 0.778. The van der Waals surface area contributed by atoms with Crippen LogP contribution >= 0.6 is 0 Å². The van der Waals surface area contributed by atoms with Crippen LogP contribution in [-0.4, -0.2) is 65.7 Å². The van der Waals surface area contributed by atoms with Gasteiger partial charge in [0.05, 0.1) is 5.60 Å². The lowest BCUT2D eigenvalue weighted by atomic mass is 9.81. The Hall–Kier alpha value is -2.08. The van der Waals surface area contributed by atoms with Crippen molar-refractivity contribution in [1.29, 1.82) is 0 Å². The summed E-state index contributed by atoms with van der Waals surface area (Å²) in [7, 11) is 0. The van der Waals surface area contributed by atoms with Crippen molar-refractivity contribution in [1.82, 2.24) is 15.1 Å². The summed E-state index contributed by atoms with van der Waals surface area (Å²) in [5, 5.41) is 3.00. The van der Waals surface area contributed by atoms with Gasteiger partial charge in [0.1, 0.15) is 0 Å². The molecule has 1 aromatic carbocycles. The minimum Gasteiger partial charge on any atom is -0.375 e. The number of rotatable bonds is 6. The molecule has 6 nitrogen and oxygen atoms in total. The summed E-state index contributed by atoms with van der Waals surface area (Å²) in [6.07, 6.45) is 7.14. The Labute approximate surface area is 179 Å². The summed E-state index contributed by atoms with van der Waals surface area (Å²) in [5.41, 5.74) is 1.03. The molecule has 1 aliphatic carbocycles. The maximum absolute atomic E-state index is 12.7. The van der Waals surface area contributed by atoms with Crippen molar-refractivity contribution < 1.29 is 14.3 Å². The van der Waals surface area contributed by atoms with E-state index in [2.05, 4.69) is 22.3 Å². The third-order valence-electron chi connectivity index (χ3n) is 6.86. The molecular formula is C24H35N3O3. The summed E-state index contributed by atoms with van der Waals surface area (Å²) in [4.78, 5) is 29.5. The summed E-state index contributed by atoms with van der Waals surface area (Å²) in [6, 6.07) is 10.9. The Kier molecular flexibility index (Phi) is 6.61. The summed E-state index contributed by atoms with van der Waals surface area (Å²) in [5.74, 6) is 0.239. The number of benzene rings is 1. The Morgan fingerprint density at radius 1 is 1.13 bits per heavy atom. The number of carbonyl (C=O) groups excluding carboxylic acids is 2. The third kappa shape index (κ3) is 4.97. The first-order valence-electron chi connectivity index (χ1n) is 11.6. The second-order valence-corrected chi connectivity index (χ2v) is 9.02. The molecule has 0 radical (unpaired) electrons. The van der Waals surface area contributed by atoms with E-state index in [0.717, 1.165) is 58.0 Å². The molecule has 164 valence electrons. The second-order valence-electron chi connectivity index (χ2n) is 9.02. The smallest absolute Gasteiger partial charge is 0.317 e. The third-order valence-corrected chi connectivity index (χ3v) is 6.86. The molecule has 30 heavy (non-hydrogen) atoms. The maximum atomic E-state index is 12.7. The highest BCUT2D eigenvalue weighted by Crippen LogP contribution is 2.40. The number of nitrogens with one attached hydrogen (secondary N) is 1. The zero-order valence-electron chi connectivity index (χ0n) is 18.1. The predicted octanol–water partition coefficient (Wildman–Crippen LogP) is 3.35. The average Bonchev–Trinajstić information content (AvgIpc) is 3.59. The van der Waals surface area contributed by atoms with Gasteiger partial charge in [-0.25, -0.2) is 4.79 Å². The highest BCUT2D eigenvalue weighted by Gasteiger charge is 2.46. The number of likely N-dealkylation sites (tertiary alicyclic amines) is 1. The van der Waals surface area contributed by atoms with Crippen LogP contribution in [0.1, 0.15) is 57.4 Å². The predicted molar refractivity (Wildman–Crippen MR) is 116 cm³/mol. The second kappa shape index (κ2) is 9.38. The highest BCUT2D eigenvalue weighted by atomic mass is 16.5. The van der Waals surface area contributed by atoms with Crippen LogP contribution in [0.15, 0.2) is 30.3 Å². The van der Waals surface area contributed by atoms with Crippen LogP contribution in [0, 0.1) is 0 Å². The highest BCUT2D eigenvalue weighted by molar-refractivity contribution is 5.76. The molecule has 1 N–H and O–H groups in total. The van der Waals surface area contributed by atoms with E-state index in [-0.39, 0.29) is 23.6 Å². The molecule has 2 heterocycles. The molecule has 3 amide bonds. The van der Waals surface area contributed by atoms with Gasteiger partial charge in [0.25, 0.3) is 0 Å². The minimum absolute atomic E-state index is 0.0792. The Bertz CT molecular complexity index is 726. The lowest BCUT2D eigenvalue weighted by Gasteiger charge is -2.48. The standard InChI is InChI=1S/C24H35N3O3/c1-2-25-23(29)27(20-9-10-20)21-12-17-30-24(18-21)13-15-26(16-14-24)22(28)11-8-19-6-4-3-5-7-19/h3-7,20-21H,2,8-18H2,1H3,(H,25,29). The number of amides is 3. The molecule has 2 saturated heterocycles. The fraction of sp³-hybridized carbons (Fsp3) is 0.667. The van der Waals surface area contributed by atoms with Crippen molar-refractivity contribution >= 4 is 11.9 Å². The number of urea groups is 1. The van der Waals surface area contributed by atoms with Crippen molar-refractivity contribution in [2.75, 3.05) is 26.2 Å². The van der Waals surface area contributed by atoms with Crippen LogP contribution in [0.4, 0.5) is 4.79 Å². The topological polar surface area (TPSA) is 61.9 Å². The Balaban J connectivity index is 1.30. The molecule has 1 saturated carbocycles. The molecule has 6 heteroatoms. The molecule has 1 spiro atoms. The van der Waals surface area contributed by atoms with Crippen molar-refractivity contribution in [3.8, 4) is 0 Å². The number of aryl methyl sites for hydroxylation is 1. The number of hydrogen-bond donors (Lipinski definition) is 1. The monoisotopic (exact) mass is 413 g/mol. The molecular weight excluding hydrogens is 378 g/mol. The van der Waals surface area contributed by atoms with E-state index in [1.807, 2.05) is 30.0 Å². The molecule has 2 aliphatic heterocycles. The molecule has 3 aliphatic rings. The SMILES string of the molecule is CCNC(=O)N(C1CC1)C1CCOC2(CCN(C(=O)CCc3ccccc3)CC2)C1. The first kappa shape index (κ1) is 21.2. The largest absolute Gasteiger partial charge is 0.375 e. The fourth-order valence-corrected chi connectivity index (χ4v) is 5.03. The van der Waals surface area contributed by atoms with Gasteiger partial charge in [0, 0.05) is 44.7 Å². The van der Waals surface area contributed by atoms with Gasteiger partial charge in [-0.2, -0.15) is 0 Å². The lowest BCUT2D eigenvalue weighted by molar-refractivity contribution is -0.147. The van der Waals surface area contributed by atoms with Gasteiger partial charge in [-0.1, -0.05) is 30.3 Å². The van der Waals surface area contributed by atoms with Crippen molar-refractivity contribution in [3.63, 3.8) is 0 Å². The van der Waals surface area contributed by atoms with Gasteiger partial charge in [-0.3, -0.25) is 4.79 Å². The molecule has 3 fully saturated rings. The number of hydrogen-bond acceptors (Lipinski definition) is 3. The van der Waals surface area contributed by atoms with Crippen LogP contribution in [0.25, 0.3) is 0 Å². The fourth-order valence-electron chi connectivity index (χ4n) is 5.03. The lowest BCUT2D eigenvalue weighted by Crippen LogP contribution is -2.57. The normalized spacial score (nSPS) is 23.2. The van der Waals surface area contributed by atoms with Gasteiger partial charge in [0.15, 0.2) is 0 Å². The van der Waals surface area contributed by atoms with Gasteiger partial charge in [-0.15, -0.1) is 0 Å². The van der Waals surface area contributed by atoms with Crippen molar-refractivity contribution in [2.45, 2.75) is 76.0 Å². The van der Waals surface area contributed by atoms with Crippen LogP contribution in [-0.2, 0) is 16.0 Å². The summed E-state index contributed by atoms with van der Waals surface area (Å²) in [6.45, 7) is 4.85. The molecule has 1 aromatic rings. The zero-order valence-corrected chi connectivity index (χ0v) is 18.1. The summed E-state index contributed by atoms with van der Waals surface area (Å²) < 4.78 is 6.29. The number of nitrogens with zero attached hydrogens (tertiary/aromatic N) is 2. The molecule has 4 rings (SSSR count). The molecule has 0 bridgehead atoms. The first-order valence-corrected chi connectivity index (χ1v) is 11.6. The van der Waals surface area contributed by atoms with E-state index in [9.17, 15) is 9.59 Å². The van der Waals surface area contributed by atoms with Gasteiger partial charge >= 0.3 is 6.03 Å². The van der Waals surface area contributed by atoms with E-state index in [1.54, 1.807) is 0 Å². The minimum atomic E-state index is -0.182. The van der Waals surface area contributed by atoms with Gasteiger partial charge < -0.3 is 19.9 Å². The first-order chi connectivity index (χ1) is 14.6.